The Morgan fingerprint density at radius 2 is 2.11 bits per heavy atom. The van der Waals surface area contributed by atoms with E-state index in [0.717, 1.165) is 40.3 Å². The van der Waals surface area contributed by atoms with Crippen molar-refractivity contribution in [3.05, 3.63) is 63.2 Å². The van der Waals surface area contributed by atoms with Crippen molar-refractivity contribution in [1.82, 2.24) is 0 Å². The molecule has 0 bridgehead atoms. The highest BCUT2D eigenvalue weighted by Crippen LogP contribution is 2.46. The molecule has 0 saturated heterocycles. The number of hydrogen-bond acceptors (Lipinski definition) is 2. The van der Waals surface area contributed by atoms with Gasteiger partial charge in [0.05, 0.1) is 0 Å². The quantitative estimate of drug-likeness (QED) is 0.573. The Morgan fingerprint density at radius 1 is 1.21 bits per heavy atom. The van der Waals surface area contributed by atoms with E-state index < -0.39 is 5.54 Å². The predicted octanol–water partition coefficient (Wildman–Crippen LogP) is 3.67. The van der Waals surface area contributed by atoms with Gasteiger partial charge in [0.25, 0.3) is 5.54 Å². The van der Waals surface area contributed by atoms with Crippen LogP contribution in [0.15, 0.2) is 36.4 Å². The third-order valence-electron chi connectivity index (χ3n) is 4.47. The van der Waals surface area contributed by atoms with Gasteiger partial charge in [-0.25, -0.2) is 0 Å². The number of benzene rings is 2. The second kappa shape index (κ2) is 3.44. The van der Waals surface area contributed by atoms with Gasteiger partial charge in [0.15, 0.2) is 0 Å². The molecule has 2 aromatic rings. The second-order valence-electron chi connectivity index (χ2n) is 5.41. The minimum Gasteiger partial charge on any atom is -0.263 e. The summed E-state index contributed by atoms with van der Waals surface area (Å²) in [6.45, 7) is 0. The lowest BCUT2D eigenvalue weighted by molar-refractivity contribution is -0.565. The molecule has 3 heteroatoms. The molecule has 2 aromatic carbocycles. The first-order valence-electron chi connectivity index (χ1n) is 6.61. The minimum atomic E-state index is -0.999. The first kappa shape index (κ1) is 10.7. The van der Waals surface area contributed by atoms with E-state index in [9.17, 15) is 10.1 Å². The zero-order valence-electron chi connectivity index (χ0n) is 10.4. The lowest BCUT2D eigenvalue weighted by Crippen LogP contribution is -2.38. The fraction of sp³-hybridized carbons (Fsp3) is 0.250. The van der Waals surface area contributed by atoms with E-state index >= 15 is 0 Å². The summed E-state index contributed by atoms with van der Waals surface area (Å²) >= 11 is 0. The molecule has 0 radical (unpaired) electrons. The predicted molar refractivity (Wildman–Crippen MR) is 74.6 cm³/mol. The molecule has 1 atom stereocenters. The van der Waals surface area contributed by atoms with Crippen LogP contribution in [0.1, 0.15) is 29.5 Å². The van der Waals surface area contributed by atoms with Crippen molar-refractivity contribution in [2.45, 2.75) is 24.8 Å². The third-order valence-corrected chi connectivity index (χ3v) is 4.47. The summed E-state index contributed by atoms with van der Waals surface area (Å²) in [5, 5.41) is 13.9. The Morgan fingerprint density at radius 3 is 2.95 bits per heavy atom. The van der Waals surface area contributed by atoms with E-state index in [1.165, 1.54) is 0 Å². The second-order valence-corrected chi connectivity index (χ2v) is 5.41. The first-order chi connectivity index (χ1) is 9.22. The molecule has 0 aromatic heterocycles. The molecule has 0 N–H and O–H groups in total. The zero-order valence-corrected chi connectivity index (χ0v) is 10.4. The molecule has 19 heavy (non-hydrogen) atoms. The van der Waals surface area contributed by atoms with Crippen LogP contribution in [-0.4, -0.2) is 4.92 Å². The van der Waals surface area contributed by atoms with Gasteiger partial charge in [0.2, 0.25) is 0 Å². The van der Waals surface area contributed by atoms with E-state index in [4.69, 9.17) is 0 Å². The molecule has 0 aliphatic heterocycles. The molecule has 0 fully saturated rings. The van der Waals surface area contributed by atoms with Crippen LogP contribution >= 0.6 is 0 Å². The van der Waals surface area contributed by atoms with Crippen LogP contribution in [0, 0.1) is 10.1 Å². The number of nitrogens with zero attached hydrogens (tertiary/aromatic N) is 1. The first-order valence-corrected chi connectivity index (χ1v) is 6.61. The lowest BCUT2D eigenvalue weighted by Gasteiger charge is -2.33. The lowest BCUT2D eigenvalue weighted by atomic mass is 9.71. The molecule has 2 aliphatic carbocycles. The standard InChI is InChI=1S/C16H13NO2/c18-17(19)16-9-2-5-13-7-6-11-3-1-4-12(8-10-16)14(11)15(13)16/h1,3-4,6-8,10H,2,5,9H2. The van der Waals surface area contributed by atoms with Crippen molar-refractivity contribution >= 4 is 16.8 Å². The number of rotatable bonds is 1. The number of nitro groups is 1. The summed E-state index contributed by atoms with van der Waals surface area (Å²) in [5.74, 6) is 0. The maximum atomic E-state index is 11.7. The van der Waals surface area contributed by atoms with E-state index in [2.05, 4.69) is 12.1 Å². The monoisotopic (exact) mass is 251 g/mol. The molecule has 0 saturated carbocycles. The summed E-state index contributed by atoms with van der Waals surface area (Å²) in [7, 11) is 0. The third kappa shape index (κ3) is 1.22. The maximum absolute atomic E-state index is 11.7. The normalized spacial score (nSPS) is 23.6. The van der Waals surface area contributed by atoms with Gasteiger partial charge in [-0.1, -0.05) is 36.4 Å². The van der Waals surface area contributed by atoms with Crippen molar-refractivity contribution in [2.24, 2.45) is 0 Å². The zero-order chi connectivity index (χ0) is 13.0. The Balaban J connectivity index is 2.21. The average Bonchev–Trinajstić information content (AvgIpc) is 2.45. The van der Waals surface area contributed by atoms with Crippen LogP contribution in [0.25, 0.3) is 16.8 Å². The van der Waals surface area contributed by atoms with Gasteiger partial charge in [0, 0.05) is 16.9 Å². The molecular formula is C16H13NO2. The largest absolute Gasteiger partial charge is 0.266 e. The van der Waals surface area contributed by atoms with Crippen molar-refractivity contribution in [3.8, 4) is 0 Å². The molecule has 0 spiro atoms. The van der Waals surface area contributed by atoms with Crippen LogP contribution in [0.2, 0.25) is 0 Å². The fourth-order valence-electron chi connectivity index (χ4n) is 3.60. The summed E-state index contributed by atoms with van der Waals surface area (Å²) in [4.78, 5) is 11.6. The Hall–Kier alpha value is -2.16. The summed E-state index contributed by atoms with van der Waals surface area (Å²) in [6.07, 6.45) is 6.16. The van der Waals surface area contributed by atoms with Crippen LogP contribution in [0.4, 0.5) is 0 Å². The SMILES string of the molecule is O=[N+]([O-])C12C=Cc3cccc4ccc(c1c34)CCC2. The fourth-order valence-corrected chi connectivity index (χ4v) is 3.60. The molecule has 94 valence electrons. The smallest absolute Gasteiger partial charge is 0.263 e. The van der Waals surface area contributed by atoms with Gasteiger partial charge in [-0.3, -0.25) is 10.1 Å². The molecule has 1 unspecified atom stereocenters. The van der Waals surface area contributed by atoms with E-state index in [1.807, 2.05) is 24.3 Å². The van der Waals surface area contributed by atoms with Crippen LogP contribution in [-0.2, 0) is 12.0 Å². The highest BCUT2D eigenvalue weighted by Gasteiger charge is 2.48. The molecule has 0 amide bonds. The topological polar surface area (TPSA) is 43.1 Å². The van der Waals surface area contributed by atoms with E-state index in [-0.39, 0.29) is 4.92 Å². The van der Waals surface area contributed by atoms with Gasteiger partial charge < -0.3 is 0 Å². The van der Waals surface area contributed by atoms with Crippen LogP contribution in [0.5, 0.6) is 0 Å². The molecule has 3 nitrogen and oxygen atoms in total. The average molecular weight is 251 g/mol. The van der Waals surface area contributed by atoms with Crippen molar-refractivity contribution < 1.29 is 4.92 Å². The molecule has 0 heterocycles. The molecule has 2 aliphatic rings. The Bertz CT molecular complexity index is 748. The summed E-state index contributed by atoms with van der Waals surface area (Å²) < 4.78 is 0. The van der Waals surface area contributed by atoms with Gasteiger partial charge in [-0.15, -0.1) is 0 Å². The Labute approximate surface area is 110 Å². The highest BCUT2D eigenvalue weighted by molar-refractivity contribution is 5.97. The summed E-state index contributed by atoms with van der Waals surface area (Å²) in [6, 6.07) is 10.2. The van der Waals surface area contributed by atoms with Crippen molar-refractivity contribution in [2.75, 3.05) is 0 Å². The van der Waals surface area contributed by atoms with E-state index in [0.29, 0.717) is 6.42 Å². The molecular weight excluding hydrogens is 238 g/mol. The van der Waals surface area contributed by atoms with Crippen molar-refractivity contribution in [3.63, 3.8) is 0 Å². The van der Waals surface area contributed by atoms with Crippen LogP contribution < -0.4 is 0 Å². The van der Waals surface area contributed by atoms with Gasteiger partial charge in [0.1, 0.15) is 0 Å². The van der Waals surface area contributed by atoms with Crippen LogP contribution in [0.3, 0.4) is 0 Å². The maximum Gasteiger partial charge on any atom is 0.266 e. The summed E-state index contributed by atoms with van der Waals surface area (Å²) in [5.41, 5.74) is 2.20. The van der Waals surface area contributed by atoms with Gasteiger partial charge in [-0.05, 0) is 40.8 Å². The Kier molecular flexibility index (Phi) is 1.94. The number of aryl methyl sites for hydroxylation is 1. The molecule has 4 rings (SSSR count). The van der Waals surface area contributed by atoms with Gasteiger partial charge in [-0.2, -0.15) is 0 Å². The van der Waals surface area contributed by atoms with Crippen molar-refractivity contribution in [1.29, 1.82) is 0 Å². The number of hydrogen-bond donors (Lipinski definition) is 0. The minimum absolute atomic E-state index is 0.100. The van der Waals surface area contributed by atoms with Gasteiger partial charge >= 0.3 is 0 Å². The highest BCUT2D eigenvalue weighted by atomic mass is 16.6. The van der Waals surface area contributed by atoms with E-state index in [1.54, 1.807) is 6.08 Å².